The third-order valence-electron chi connectivity index (χ3n) is 3.70. The van der Waals surface area contributed by atoms with E-state index in [-0.39, 0.29) is 12.5 Å². The standard InChI is InChI=1S/C18H28N2O4S/c1-20(2)15-9-7-14(8-10-15)12-24-13-16(18(22)23)19-17(21)6-4-3-5-11-25/h7-10,16,25H,3-6,11-13H2,1-2H3,(H,19,21)(H,22,23). The molecule has 2 N–H and O–H groups in total. The minimum atomic E-state index is -1.09. The van der Waals surface area contributed by atoms with E-state index in [4.69, 9.17) is 4.74 Å². The molecule has 0 aliphatic heterocycles. The lowest BCUT2D eigenvalue weighted by molar-refractivity contribution is -0.143. The van der Waals surface area contributed by atoms with E-state index in [9.17, 15) is 14.7 Å². The topological polar surface area (TPSA) is 78.9 Å². The molecule has 25 heavy (non-hydrogen) atoms. The van der Waals surface area contributed by atoms with Crippen molar-refractivity contribution in [1.82, 2.24) is 5.32 Å². The van der Waals surface area contributed by atoms with Gasteiger partial charge < -0.3 is 20.1 Å². The molecule has 6 nitrogen and oxygen atoms in total. The maximum absolute atomic E-state index is 11.8. The van der Waals surface area contributed by atoms with Crippen molar-refractivity contribution in [3.8, 4) is 0 Å². The van der Waals surface area contributed by atoms with Crippen LogP contribution >= 0.6 is 12.6 Å². The summed E-state index contributed by atoms with van der Waals surface area (Å²) in [5.41, 5.74) is 2.03. The molecule has 0 saturated carbocycles. The van der Waals surface area contributed by atoms with Crippen molar-refractivity contribution in [3.05, 3.63) is 29.8 Å². The normalized spacial score (nSPS) is 11.8. The third kappa shape index (κ3) is 8.79. The van der Waals surface area contributed by atoms with Crippen molar-refractivity contribution < 1.29 is 19.4 Å². The fraction of sp³-hybridized carbons (Fsp3) is 0.556. The van der Waals surface area contributed by atoms with E-state index >= 15 is 0 Å². The number of thiol groups is 1. The molecule has 1 aromatic carbocycles. The van der Waals surface area contributed by atoms with E-state index < -0.39 is 12.0 Å². The second kappa shape index (κ2) is 11.8. The first-order chi connectivity index (χ1) is 11.9. The van der Waals surface area contributed by atoms with Crippen LogP contribution in [0.4, 0.5) is 5.69 Å². The summed E-state index contributed by atoms with van der Waals surface area (Å²) < 4.78 is 5.47. The van der Waals surface area contributed by atoms with E-state index in [0.29, 0.717) is 13.0 Å². The lowest BCUT2D eigenvalue weighted by Crippen LogP contribution is -2.43. The highest BCUT2D eigenvalue weighted by molar-refractivity contribution is 7.80. The number of unbranched alkanes of at least 4 members (excludes halogenated alkanes) is 2. The van der Waals surface area contributed by atoms with Crippen LogP contribution in [0.25, 0.3) is 0 Å². The fourth-order valence-electron chi connectivity index (χ4n) is 2.20. The van der Waals surface area contributed by atoms with E-state index in [1.165, 1.54) is 0 Å². The monoisotopic (exact) mass is 368 g/mol. The predicted molar refractivity (Wildman–Crippen MR) is 102 cm³/mol. The number of aliphatic carboxylic acids is 1. The summed E-state index contributed by atoms with van der Waals surface area (Å²) in [4.78, 5) is 25.1. The minimum absolute atomic E-state index is 0.0624. The van der Waals surface area contributed by atoms with Gasteiger partial charge in [-0.1, -0.05) is 18.6 Å². The Hall–Kier alpha value is -1.73. The minimum Gasteiger partial charge on any atom is -0.480 e. The van der Waals surface area contributed by atoms with Crippen molar-refractivity contribution in [2.45, 2.75) is 38.3 Å². The van der Waals surface area contributed by atoms with Gasteiger partial charge in [-0.3, -0.25) is 4.79 Å². The summed E-state index contributed by atoms with van der Waals surface area (Å²) in [5, 5.41) is 11.7. The maximum atomic E-state index is 11.8. The number of nitrogens with zero attached hydrogens (tertiary/aromatic N) is 1. The van der Waals surface area contributed by atoms with E-state index in [1.807, 2.05) is 43.3 Å². The summed E-state index contributed by atoms with van der Waals surface area (Å²) in [6, 6.07) is 6.79. The highest BCUT2D eigenvalue weighted by Gasteiger charge is 2.19. The molecule has 0 aromatic heterocycles. The van der Waals surface area contributed by atoms with Gasteiger partial charge in [-0.25, -0.2) is 4.79 Å². The molecule has 0 aliphatic rings. The number of carbonyl (C=O) groups is 2. The van der Waals surface area contributed by atoms with Crippen LogP contribution in [0.1, 0.15) is 31.2 Å². The lowest BCUT2D eigenvalue weighted by Gasteiger charge is -2.16. The molecule has 1 rings (SSSR count). The van der Waals surface area contributed by atoms with Gasteiger partial charge in [0.05, 0.1) is 13.2 Å². The number of benzene rings is 1. The third-order valence-corrected chi connectivity index (χ3v) is 4.02. The molecule has 1 atom stereocenters. The number of carboxylic acids is 1. The van der Waals surface area contributed by atoms with Crippen LogP contribution in [0.2, 0.25) is 0 Å². The predicted octanol–water partition coefficient (Wildman–Crippen LogP) is 2.33. The van der Waals surface area contributed by atoms with Crippen LogP contribution in [0.15, 0.2) is 24.3 Å². The number of amides is 1. The van der Waals surface area contributed by atoms with Gasteiger partial charge in [0.15, 0.2) is 6.04 Å². The molecule has 0 spiro atoms. The summed E-state index contributed by atoms with van der Waals surface area (Å²) in [6.45, 7) is 0.239. The van der Waals surface area contributed by atoms with Crippen LogP contribution in [-0.4, -0.2) is 49.5 Å². The number of carboxylic acid groups (broad SMARTS) is 1. The highest BCUT2D eigenvalue weighted by atomic mass is 32.1. The van der Waals surface area contributed by atoms with Crippen LogP contribution in [0, 0.1) is 0 Å². The number of hydrogen-bond donors (Lipinski definition) is 3. The van der Waals surface area contributed by atoms with Crippen LogP contribution in [0.3, 0.4) is 0 Å². The fourth-order valence-corrected chi connectivity index (χ4v) is 2.42. The zero-order valence-electron chi connectivity index (χ0n) is 14.9. The zero-order chi connectivity index (χ0) is 18.7. The maximum Gasteiger partial charge on any atom is 0.328 e. The first-order valence-corrected chi connectivity index (χ1v) is 9.04. The van der Waals surface area contributed by atoms with Gasteiger partial charge in [-0.15, -0.1) is 0 Å². The molecule has 140 valence electrons. The number of nitrogens with one attached hydrogen (secondary N) is 1. The lowest BCUT2D eigenvalue weighted by atomic mass is 10.2. The van der Waals surface area contributed by atoms with Crippen molar-refractivity contribution in [3.63, 3.8) is 0 Å². The van der Waals surface area contributed by atoms with Gasteiger partial charge in [0.1, 0.15) is 0 Å². The van der Waals surface area contributed by atoms with Gasteiger partial charge >= 0.3 is 5.97 Å². The first-order valence-electron chi connectivity index (χ1n) is 8.41. The number of carbonyl (C=O) groups excluding carboxylic acids is 1. The molecule has 0 fully saturated rings. The van der Waals surface area contributed by atoms with Crippen molar-refractivity contribution in [2.24, 2.45) is 0 Å². The number of ether oxygens (including phenoxy) is 1. The van der Waals surface area contributed by atoms with E-state index in [2.05, 4.69) is 17.9 Å². The molecule has 1 aromatic rings. The second-order valence-corrected chi connectivity index (χ2v) is 6.52. The molecule has 1 unspecified atom stereocenters. The van der Waals surface area contributed by atoms with Crippen LogP contribution < -0.4 is 10.2 Å². The van der Waals surface area contributed by atoms with Crippen LogP contribution in [-0.2, 0) is 20.9 Å². The van der Waals surface area contributed by atoms with Gasteiger partial charge in [0, 0.05) is 26.2 Å². The van der Waals surface area contributed by atoms with Crippen LogP contribution in [0.5, 0.6) is 0 Å². The number of hydrogen-bond acceptors (Lipinski definition) is 5. The summed E-state index contributed by atoms with van der Waals surface area (Å²) in [5.74, 6) is -0.555. The average Bonchev–Trinajstić information content (AvgIpc) is 2.58. The largest absolute Gasteiger partial charge is 0.480 e. The van der Waals surface area contributed by atoms with Gasteiger partial charge in [0.2, 0.25) is 5.91 Å². The van der Waals surface area contributed by atoms with Gasteiger partial charge in [-0.05, 0) is 36.3 Å². The Morgan fingerprint density at radius 2 is 1.88 bits per heavy atom. The molecule has 0 heterocycles. The van der Waals surface area contributed by atoms with Gasteiger partial charge in [-0.2, -0.15) is 12.6 Å². The number of rotatable bonds is 12. The zero-order valence-corrected chi connectivity index (χ0v) is 15.8. The highest BCUT2D eigenvalue weighted by Crippen LogP contribution is 2.13. The Balaban J connectivity index is 2.37. The Morgan fingerprint density at radius 3 is 2.44 bits per heavy atom. The molecule has 7 heteroatoms. The SMILES string of the molecule is CN(C)c1ccc(COCC(NC(=O)CCCCCS)C(=O)O)cc1. The average molecular weight is 368 g/mol. The molecule has 0 aliphatic carbocycles. The second-order valence-electron chi connectivity index (χ2n) is 6.07. The van der Waals surface area contributed by atoms with E-state index in [0.717, 1.165) is 36.3 Å². The number of anilines is 1. The molecule has 0 radical (unpaired) electrons. The van der Waals surface area contributed by atoms with E-state index in [1.54, 1.807) is 0 Å². The summed E-state index contributed by atoms with van der Waals surface area (Å²) in [6.07, 6.45) is 2.92. The first kappa shape index (κ1) is 21.3. The Morgan fingerprint density at radius 1 is 1.20 bits per heavy atom. The summed E-state index contributed by atoms with van der Waals surface area (Å²) >= 11 is 4.11. The molecule has 0 bridgehead atoms. The van der Waals surface area contributed by atoms with Crippen molar-refractivity contribution >= 4 is 30.2 Å². The Kier molecular flexibility index (Phi) is 10.0. The molecule has 0 saturated heterocycles. The molecular formula is C18H28N2O4S. The smallest absolute Gasteiger partial charge is 0.328 e. The van der Waals surface area contributed by atoms with Gasteiger partial charge in [0.25, 0.3) is 0 Å². The molecular weight excluding hydrogens is 340 g/mol. The Bertz CT molecular complexity index is 534. The van der Waals surface area contributed by atoms with Crippen molar-refractivity contribution in [2.75, 3.05) is 31.4 Å². The summed E-state index contributed by atoms with van der Waals surface area (Å²) in [7, 11) is 3.92. The molecule has 1 amide bonds. The Labute approximate surface area is 155 Å². The quantitative estimate of drug-likeness (QED) is 0.390. The van der Waals surface area contributed by atoms with Crippen molar-refractivity contribution in [1.29, 1.82) is 0 Å².